The fraction of sp³-hybridized carbons (Fsp3) is 0.0714. The summed E-state index contributed by atoms with van der Waals surface area (Å²) in [6, 6.07) is 10.2. The molecule has 0 saturated carbocycles. The topological polar surface area (TPSA) is 78.4 Å². The first kappa shape index (κ1) is 15.1. The maximum Gasteiger partial charge on any atom is 0.254 e. The van der Waals surface area contributed by atoms with Crippen molar-refractivity contribution in [2.24, 2.45) is 5.10 Å². The molecule has 0 aliphatic heterocycles. The number of carbonyl (C=O) groups excluding carboxylic acids is 1. The van der Waals surface area contributed by atoms with Crippen molar-refractivity contribution in [3.63, 3.8) is 0 Å². The first-order valence-corrected chi connectivity index (χ1v) is 6.60. The highest BCUT2D eigenvalue weighted by Gasteiger charge is 2.08. The molecule has 0 spiro atoms. The Balaban J connectivity index is 2.10. The number of nitrogens with one attached hydrogen (secondary N) is 1. The minimum Gasteiger partial charge on any atom is -0.455 e. The summed E-state index contributed by atoms with van der Waals surface area (Å²) in [6.45, 7) is 0. The van der Waals surface area contributed by atoms with E-state index in [1.807, 2.05) is 0 Å². The molecule has 0 aliphatic carbocycles. The molecule has 1 N–H and O–H groups in total. The molecule has 5 nitrogen and oxygen atoms in total. The molecule has 0 aliphatic rings. The Morgan fingerprint density at radius 3 is 2.90 bits per heavy atom. The summed E-state index contributed by atoms with van der Waals surface area (Å²) >= 11 is 11.9. The molecule has 21 heavy (non-hydrogen) atoms. The van der Waals surface area contributed by atoms with Gasteiger partial charge in [0, 0.05) is 10.6 Å². The Labute approximate surface area is 130 Å². The van der Waals surface area contributed by atoms with Crippen molar-refractivity contribution >= 4 is 35.3 Å². The van der Waals surface area contributed by atoms with Gasteiger partial charge in [0.2, 0.25) is 0 Å². The molecule has 7 heteroatoms. The highest BCUT2D eigenvalue weighted by molar-refractivity contribution is 6.36. The molecule has 2 rings (SSSR count). The van der Waals surface area contributed by atoms with Crippen LogP contribution in [0.1, 0.15) is 12.2 Å². The van der Waals surface area contributed by atoms with Gasteiger partial charge >= 0.3 is 0 Å². The van der Waals surface area contributed by atoms with Crippen LogP contribution >= 0.6 is 23.2 Å². The molecule has 0 fully saturated rings. The van der Waals surface area contributed by atoms with E-state index >= 15 is 0 Å². The van der Waals surface area contributed by atoms with Crippen LogP contribution in [-0.2, 0) is 4.79 Å². The fourth-order valence-corrected chi connectivity index (χ4v) is 2.04. The normalized spacial score (nSPS) is 10.5. The van der Waals surface area contributed by atoms with E-state index in [0.29, 0.717) is 27.1 Å². The number of hydrazone groups is 1. The molecular weight excluding hydrogens is 313 g/mol. The molecule has 0 bridgehead atoms. The first-order valence-electron chi connectivity index (χ1n) is 5.84. The zero-order chi connectivity index (χ0) is 15.2. The summed E-state index contributed by atoms with van der Waals surface area (Å²) in [5.74, 6) is 0.510. The number of benzene rings is 1. The standard InChI is InChI=1S/C14H9Cl2N3O2/c15-9-1-3-11(12(16)7-9)13-4-2-10(21-13)8-18-19-14(20)5-6-17/h1-4,7-8H,5H2,(H,19,20)/b18-8+. The van der Waals surface area contributed by atoms with E-state index < -0.39 is 5.91 Å². The van der Waals surface area contributed by atoms with Crippen LogP contribution in [0.4, 0.5) is 0 Å². The van der Waals surface area contributed by atoms with Crippen molar-refractivity contribution in [3.8, 4) is 17.4 Å². The van der Waals surface area contributed by atoms with Gasteiger partial charge in [-0.1, -0.05) is 23.2 Å². The molecule has 0 saturated heterocycles. The van der Waals surface area contributed by atoms with Crippen molar-refractivity contribution in [2.45, 2.75) is 6.42 Å². The number of nitriles is 1. The molecule has 1 aromatic heterocycles. The van der Waals surface area contributed by atoms with E-state index in [-0.39, 0.29) is 6.42 Å². The highest BCUT2D eigenvalue weighted by Crippen LogP contribution is 2.31. The van der Waals surface area contributed by atoms with E-state index in [1.165, 1.54) is 6.21 Å². The van der Waals surface area contributed by atoms with Gasteiger partial charge < -0.3 is 4.42 Å². The lowest BCUT2D eigenvalue weighted by Crippen LogP contribution is -2.15. The van der Waals surface area contributed by atoms with E-state index in [0.717, 1.165) is 0 Å². The SMILES string of the molecule is N#CCC(=O)N/N=C/c1ccc(-c2ccc(Cl)cc2Cl)o1. The Morgan fingerprint density at radius 2 is 2.19 bits per heavy atom. The lowest BCUT2D eigenvalue weighted by atomic mass is 10.2. The van der Waals surface area contributed by atoms with Crippen LogP contribution in [0.2, 0.25) is 10.0 Å². The zero-order valence-corrected chi connectivity index (χ0v) is 12.1. The maximum absolute atomic E-state index is 11.0. The molecule has 0 atom stereocenters. The Morgan fingerprint density at radius 1 is 1.38 bits per heavy atom. The number of hydrogen-bond acceptors (Lipinski definition) is 4. The van der Waals surface area contributed by atoms with Crippen molar-refractivity contribution < 1.29 is 9.21 Å². The molecule has 0 unspecified atom stereocenters. The van der Waals surface area contributed by atoms with Crippen LogP contribution in [0.3, 0.4) is 0 Å². The van der Waals surface area contributed by atoms with E-state index in [1.54, 1.807) is 36.4 Å². The second kappa shape index (κ2) is 6.93. The molecule has 1 amide bonds. The molecular formula is C14H9Cl2N3O2. The van der Waals surface area contributed by atoms with Gasteiger partial charge in [-0.3, -0.25) is 4.79 Å². The summed E-state index contributed by atoms with van der Waals surface area (Å²) < 4.78 is 5.54. The lowest BCUT2D eigenvalue weighted by Gasteiger charge is -2.00. The third-order valence-electron chi connectivity index (χ3n) is 2.44. The van der Waals surface area contributed by atoms with Crippen LogP contribution in [0.5, 0.6) is 0 Å². The number of hydrogen-bond donors (Lipinski definition) is 1. The predicted molar refractivity (Wildman–Crippen MR) is 80.1 cm³/mol. The van der Waals surface area contributed by atoms with Crippen molar-refractivity contribution in [3.05, 3.63) is 46.1 Å². The molecule has 2 aromatic rings. The monoisotopic (exact) mass is 321 g/mol. The minimum atomic E-state index is -0.485. The third kappa shape index (κ3) is 4.09. The number of carbonyl (C=O) groups is 1. The first-order chi connectivity index (χ1) is 10.1. The highest BCUT2D eigenvalue weighted by atomic mass is 35.5. The van der Waals surface area contributed by atoms with Gasteiger partial charge in [-0.05, 0) is 30.3 Å². The van der Waals surface area contributed by atoms with Gasteiger partial charge in [-0.25, -0.2) is 5.43 Å². The van der Waals surface area contributed by atoms with E-state index in [9.17, 15) is 4.79 Å². The predicted octanol–water partition coefficient (Wildman–Crippen LogP) is 3.62. The Kier molecular flexibility index (Phi) is 4.99. The van der Waals surface area contributed by atoms with Gasteiger partial charge in [0.1, 0.15) is 17.9 Å². The molecule has 0 radical (unpaired) electrons. The van der Waals surface area contributed by atoms with Gasteiger partial charge in [-0.2, -0.15) is 10.4 Å². The summed E-state index contributed by atoms with van der Waals surface area (Å²) in [4.78, 5) is 11.0. The van der Waals surface area contributed by atoms with Crippen molar-refractivity contribution in [2.75, 3.05) is 0 Å². The lowest BCUT2D eigenvalue weighted by molar-refractivity contribution is -0.120. The van der Waals surface area contributed by atoms with E-state index in [4.69, 9.17) is 32.9 Å². The van der Waals surface area contributed by atoms with Crippen molar-refractivity contribution in [1.82, 2.24) is 5.43 Å². The summed E-state index contributed by atoms with van der Waals surface area (Å²) in [5, 5.41) is 13.0. The van der Waals surface area contributed by atoms with Crippen molar-refractivity contribution in [1.29, 1.82) is 5.26 Å². The summed E-state index contributed by atoms with van der Waals surface area (Å²) in [5.41, 5.74) is 2.91. The average Bonchev–Trinajstić information content (AvgIpc) is 2.87. The van der Waals surface area contributed by atoms with E-state index in [2.05, 4.69) is 10.5 Å². The van der Waals surface area contributed by atoms with Gasteiger partial charge in [0.25, 0.3) is 5.91 Å². The minimum absolute atomic E-state index is 0.249. The molecule has 1 aromatic carbocycles. The number of furan rings is 1. The van der Waals surface area contributed by atoms with Gasteiger partial charge in [0.15, 0.2) is 0 Å². The second-order valence-electron chi connectivity index (χ2n) is 3.95. The number of rotatable bonds is 4. The van der Waals surface area contributed by atoms with Crippen LogP contribution in [0.25, 0.3) is 11.3 Å². The van der Waals surface area contributed by atoms with Gasteiger partial charge in [0.05, 0.1) is 17.3 Å². The molecule has 1 heterocycles. The van der Waals surface area contributed by atoms with Crippen LogP contribution in [0.15, 0.2) is 39.9 Å². The maximum atomic E-state index is 11.0. The van der Waals surface area contributed by atoms with Crippen LogP contribution < -0.4 is 5.43 Å². The fourth-order valence-electron chi connectivity index (χ4n) is 1.54. The number of halogens is 2. The second-order valence-corrected chi connectivity index (χ2v) is 4.80. The Bertz CT molecular complexity index is 732. The summed E-state index contributed by atoms with van der Waals surface area (Å²) in [6.07, 6.45) is 1.09. The largest absolute Gasteiger partial charge is 0.455 e. The molecule has 106 valence electrons. The summed E-state index contributed by atoms with van der Waals surface area (Å²) in [7, 11) is 0. The van der Waals surface area contributed by atoms with Crippen LogP contribution in [0, 0.1) is 11.3 Å². The smallest absolute Gasteiger partial charge is 0.254 e. The quantitative estimate of drug-likeness (QED) is 0.690. The average molecular weight is 322 g/mol. The third-order valence-corrected chi connectivity index (χ3v) is 2.99. The number of amides is 1. The Hall–Kier alpha value is -2.29. The van der Waals surface area contributed by atoms with Gasteiger partial charge in [-0.15, -0.1) is 0 Å². The number of nitrogens with zero attached hydrogens (tertiary/aromatic N) is 2. The van der Waals surface area contributed by atoms with Crippen LogP contribution in [-0.4, -0.2) is 12.1 Å². The zero-order valence-electron chi connectivity index (χ0n) is 10.6.